The Morgan fingerprint density at radius 2 is 2.22 bits per heavy atom. The van der Waals surface area contributed by atoms with Gasteiger partial charge in [-0.1, -0.05) is 11.6 Å². The molecule has 0 unspecified atom stereocenters. The molecule has 0 aliphatic heterocycles. The van der Waals surface area contributed by atoms with Gasteiger partial charge < -0.3 is 5.32 Å². The summed E-state index contributed by atoms with van der Waals surface area (Å²) in [5, 5.41) is 7.05. The van der Waals surface area contributed by atoms with Crippen LogP contribution in [0.2, 0.25) is 5.15 Å². The zero-order chi connectivity index (χ0) is 13.1. The smallest absolute Gasteiger partial charge is 0.247 e. The fraction of sp³-hybridized carbons (Fsp3) is 0.273. The summed E-state index contributed by atoms with van der Waals surface area (Å²) in [5.74, 6) is 0.104. The lowest BCUT2D eigenvalue weighted by molar-refractivity contribution is -0.117. The number of aromatic nitrogens is 4. The molecular weight excluding hydrogens is 254 g/mol. The summed E-state index contributed by atoms with van der Waals surface area (Å²) in [6.45, 7) is 3.91. The Balaban J connectivity index is 2.03. The second kappa shape index (κ2) is 5.14. The molecule has 6 nitrogen and oxygen atoms in total. The van der Waals surface area contributed by atoms with Crippen LogP contribution >= 0.6 is 11.6 Å². The molecule has 0 aliphatic carbocycles. The van der Waals surface area contributed by atoms with Crippen molar-refractivity contribution >= 4 is 23.3 Å². The molecule has 1 N–H and O–H groups in total. The van der Waals surface area contributed by atoms with Gasteiger partial charge in [0.15, 0.2) is 5.82 Å². The van der Waals surface area contributed by atoms with Crippen molar-refractivity contribution in [2.24, 2.45) is 0 Å². The third-order valence-corrected chi connectivity index (χ3v) is 2.45. The van der Waals surface area contributed by atoms with Crippen LogP contribution in [0, 0.1) is 13.8 Å². The van der Waals surface area contributed by atoms with Gasteiger partial charge in [-0.25, -0.2) is 4.98 Å². The van der Waals surface area contributed by atoms with E-state index in [1.165, 1.54) is 12.4 Å². The van der Waals surface area contributed by atoms with E-state index in [0.717, 1.165) is 11.4 Å². The molecule has 2 rings (SSSR count). The highest BCUT2D eigenvalue weighted by molar-refractivity contribution is 6.29. The molecule has 94 valence electrons. The fourth-order valence-electron chi connectivity index (χ4n) is 1.56. The summed E-state index contributed by atoms with van der Waals surface area (Å²) >= 11 is 5.67. The first-order chi connectivity index (χ1) is 8.54. The largest absolute Gasteiger partial charge is 0.308 e. The third-order valence-electron chi connectivity index (χ3n) is 2.27. The highest BCUT2D eigenvalue weighted by atomic mass is 35.5. The molecule has 0 aliphatic rings. The Kier molecular flexibility index (Phi) is 3.57. The molecule has 1 amide bonds. The van der Waals surface area contributed by atoms with Gasteiger partial charge in [-0.15, -0.1) is 0 Å². The van der Waals surface area contributed by atoms with E-state index in [9.17, 15) is 4.79 Å². The normalized spacial score (nSPS) is 10.4. The van der Waals surface area contributed by atoms with Gasteiger partial charge in [0.2, 0.25) is 5.91 Å². The van der Waals surface area contributed by atoms with E-state index in [4.69, 9.17) is 11.6 Å². The van der Waals surface area contributed by atoms with Gasteiger partial charge in [0.05, 0.1) is 18.1 Å². The van der Waals surface area contributed by atoms with Gasteiger partial charge in [-0.05, 0) is 19.9 Å². The Hall–Kier alpha value is -1.95. The van der Waals surface area contributed by atoms with Crippen molar-refractivity contribution in [3.05, 3.63) is 35.0 Å². The van der Waals surface area contributed by atoms with E-state index in [1.807, 2.05) is 19.9 Å². The quantitative estimate of drug-likeness (QED) is 0.915. The van der Waals surface area contributed by atoms with E-state index in [2.05, 4.69) is 20.4 Å². The number of carbonyl (C=O) groups excluding carboxylic acids is 1. The zero-order valence-electron chi connectivity index (χ0n) is 10.0. The first kappa shape index (κ1) is 12.5. The molecule has 0 aromatic carbocycles. The summed E-state index contributed by atoms with van der Waals surface area (Å²) < 4.78 is 1.63. The highest BCUT2D eigenvalue weighted by Gasteiger charge is 2.08. The summed E-state index contributed by atoms with van der Waals surface area (Å²) in [6, 6.07) is 1.91. The second-order valence-electron chi connectivity index (χ2n) is 3.86. The van der Waals surface area contributed by atoms with Crippen LogP contribution in [0.15, 0.2) is 18.5 Å². The molecule has 0 bridgehead atoms. The minimum Gasteiger partial charge on any atom is -0.308 e. The summed E-state index contributed by atoms with van der Waals surface area (Å²) in [4.78, 5) is 19.5. The molecule has 2 aromatic rings. The Morgan fingerprint density at radius 3 is 2.83 bits per heavy atom. The molecule has 18 heavy (non-hydrogen) atoms. The standard InChI is InChI=1S/C11H12ClN5O/c1-7-3-8(2)17(16-7)6-11(18)15-10-5-13-4-9(12)14-10/h3-5H,6H2,1-2H3,(H,14,15,18). The molecule has 2 heterocycles. The van der Waals surface area contributed by atoms with Gasteiger partial charge >= 0.3 is 0 Å². The van der Waals surface area contributed by atoms with E-state index in [1.54, 1.807) is 4.68 Å². The van der Waals surface area contributed by atoms with Crippen molar-refractivity contribution in [3.8, 4) is 0 Å². The molecule has 0 atom stereocenters. The van der Waals surface area contributed by atoms with Crippen molar-refractivity contribution in [3.63, 3.8) is 0 Å². The number of halogens is 1. The average Bonchev–Trinajstić information content (AvgIpc) is 2.57. The fourth-order valence-corrected chi connectivity index (χ4v) is 1.70. The van der Waals surface area contributed by atoms with Crippen LogP contribution in [0.1, 0.15) is 11.4 Å². The first-order valence-electron chi connectivity index (χ1n) is 5.33. The first-order valence-corrected chi connectivity index (χ1v) is 5.71. The maximum absolute atomic E-state index is 11.8. The lowest BCUT2D eigenvalue weighted by atomic mass is 10.4. The summed E-state index contributed by atoms with van der Waals surface area (Å²) in [6.07, 6.45) is 2.84. The van der Waals surface area contributed by atoms with Crippen molar-refractivity contribution in [2.45, 2.75) is 20.4 Å². The topological polar surface area (TPSA) is 72.7 Å². The number of hydrogen-bond acceptors (Lipinski definition) is 4. The Morgan fingerprint density at radius 1 is 1.44 bits per heavy atom. The summed E-state index contributed by atoms with van der Waals surface area (Å²) in [7, 11) is 0. The molecule has 0 saturated heterocycles. The van der Waals surface area contributed by atoms with Crippen molar-refractivity contribution in [2.75, 3.05) is 5.32 Å². The number of nitrogens with zero attached hydrogens (tertiary/aromatic N) is 4. The van der Waals surface area contributed by atoms with E-state index in [0.29, 0.717) is 5.82 Å². The van der Waals surface area contributed by atoms with Gasteiger partial charge in [0.25, 0.3) is 0 Å². The van der Waals surface area contributed by atoms with Crippen LogP contribution in [-0.2, 0) is 11.3 Å². The number of rotatable bonds is 3. The molecule has 7 heteroatoms. The van der Waals surface area contributed by atoms with Crippen LogP contribution in [0.3, 0.4) is 0 Å². The van der Waals surface area contributed by atoms with E-state index < -0.39 is 0 Å². The number of amides is 1. The van der Waals surface area contributed by atoms with E-state index >= 15 is 0 Å². The molecular formula is C11H12ClN5O. The summed E-state index contributed by atoms with van der Waals surface area (Å²) in [5.41, 5.74) is 1.81. The minimum absolute atomic E-state index is 0.133. The molecule has 0 spiro atoms. The number of anilines is 1. The lowest BCUT2D eigenvalue weighted by Gasteiger charge is -2.05. The number of hydrogen-bond donors (Lipinski definition) is 1. The maximum Gasteiger partial charge on any atom is 0.247 e. The highest BCUT2D eigenvalue weighted by Crippen LogP contribution is 2.07. The van der Waals surface area contributed by atoms with Gasteiger partial charge in [-0.3, -0.25) is 14.5 Å². The monoisotopic (exact) mass is 265 g/mol. The Labute approximate surface area is 109 Å². The predicted octanol–water partition coefficient (Wildman–Crippen LogP) is 1.58. The number of aryl methyl sites for hydroxylation is 2. The second-order valence-corrected chi connectivity index (χ2v) is 4.25. The Bertz CT molecular complexity index is 581. The van der Waals surface area contributed by atoms with Crippen LogP contribution < -0.4 is 5.32 Å². The zero-order valence-corrected chi connectivity index (χ0v) is 10.8. The molecule has 0 radical (unpaired) electrons. The van der Waals surface area contributed by atoms with Crippen LogP contribution in [0.5, 0.6) is 0 Å². The lowest BCUT2D eigenvalue weighted by Crippen LogP contribution is -2.21. The van der Waals surface area contributed by atoms with Crippen molar-refractivity contribution in [1.29, 1.82) is 0 Å². The van der Waals surface area contributed by atoms with Crippen molar-refractivity contribution < 1.29 is 4.79 Å². The minimum atomic E-state index is -0.224. The number of nitrogens with one attached hydrogen (secondary N) is 1. The molecule has 0 saturated carbocycles. The molecule has 0 fully saturated rings. The van der Waals surface area contributed by atoms with Crippen LogP contribution in [0.4, 0.5) is 5.82 Å². The maximum atomic E-state index is 11.8. The predicted molar refractivity (Wildman–Crippen MR) is 67.4 cm³/mol. The van der Waals surface area contributed by atoms with Gasteiger partial charge in [-0.2, -0.15) is 5.10 Å². The van der Waals surface area contributed by atoms with Gasteiger partial charge in [0.1, 0.15) is 11.7 Å². The average molecular weight is 266 g/mol. The SMILES string of the molecule is Cc1cc(C)n(CC(=O)Nc2cncc(Cl)n2)n1. The van der Waals surface area contributed by atoms with Gasteiger partial charge in [0, 0.05) is 5.69 Å². The third kappa shape index (κ3) is 3.04. The molecule has 2 aromatic heterocycles. The number of carbonyl (C=O) groups is 1. The van der Waals surface area contributed by atoms with Crippen LogP contribution in [0.25, 0.3) is 0 Å². The van der Waals surface area contributed by atoms with Crippen LogP contribution in [-0.4, -0.2) is 25.7 Å². The van der Waals surface area contributed by atoms with E-state index in [-0.39, 0.29) is 17.6 Å². The van der Waals surface area contributed by atoms with Crippen molar-refractivity contribution in [1.82, 2.24) is 19.7 Å².